The first-order valence-corrected chi connectivity index (χ1v) is 7.48. The first kappa shape index (κ1) is 14.7. The van der Waals surface area contributed by atoms with Crippen LogP contribution >= 0.6 is 0 Å². The number of aromatic nitrogens is 2. The molecule has 2 N–H and O–H groups in total. The zero-order chi connectivity index (χ0) is 15.7. The molecule has 0 saturated carbocycles. The fourth-order valence-electron chi connectivity index (χ4n) is 2.74. The Kier molecular flexibility index (Phi) is 3.94. The van der Waals surface area contributed by atoms with Crippen LogP contribution in [0.5, 0.6) is 0 Å². The van der Waals surface area contributed by atoms with Gasteiger partial charge in [-0.25, -0.2) is 0 Å². The molecule has 1 aromatic carbocycles. The number of benzene rings is 1. The summed E-state index contributed by atoms with van der Waals surface area (Å²) in [6, 6.07) is 7.95. The van der Waals surface area contributed by atoms with Crippen molar-refractivity contribution >= 4 is 5.91 Å². The third-order valence-corrected chi connectivity index (χ3v) is 4.27. The highest BCUT2D eigenvalue weighted by Gasteiger charge is 2.32. The van der Waals surface area contributed by atoms with Gasteiger partial charge in [0.1, 0.15) is 0 Å². The summed E-state index contributed by atoms with van der Waals surface area (Å²) in [5, 5.41) is 8.28. The highest BCUT2D eigenvalue weighted by Crippen LogP contribution is 2.28. The Morgan fingerprint density at radius 3 is 2.73 bits per heavy atom. The maximum atomic E-state index is 11.3. The lowest BCUT2D eigenvalue weighted by atomic mass is 10.1. The molecule has 2 aromatic rings. The van der Waals surface area contributed by atoms with Gasteiger partial charge in [-0.15, -0.1) is 10.2 Å². The molecule has 22 heavy (non-hydrogen) atoms. The first-order chi connectivity index (χ1) is 10.5. The minimum absolute atomic E-state index is 0.0175. The maximum absolute atomic E-state index is 11.3. The minimum atomic E-state index is -0.236. The van der Waals surface area contributed by atoms with E-state index in [9.17, 15) is 4.79 Å². The quantitative estimate of drug-likeness (QED) is 0.932. The summed E-state index contributed by atoms with van der Waals surface area (Å²) in [7, 11) is 0. The molecule has 0 radical (unpaired) electrons. The van der Waals surface area contributed by atoms with Gasteiger partial charge in [-0.2, -0.15) is 0 Å². The fraction of sp³-hybridized carbons (Fsp3) is 0.438. The van der Waals surface area contributed by atoms with Crippen molar-refractivity contribution in [3.63, 3.8) is 0 Å². The standard InChI is InChI=1S/C16H20N4O2/c1-10-3-5-12(6-4-10)16-19-18-15(22-16)11(2)20-8-7-13(9-20)14(17)21/h3-6,11,13H,7-9H2,1-2H3,(H2,17,21)/t11-,13-/m1/s1. The highest BCUT2D eigenvalue weighted by molar-refractivity contribution is 5.77. The number of primary amides is 1. The number of likely N-dealkylation sites (tertiary alicyclic amines) is 1. The molecule has 6 heteroatoms. The summed E-state index contributed by atoms with van der Waals surface area (Å²) in [5.41, 5.74) is 7.47. The Morgan fingerprint density at radius 2 is 2.09 bits per heavy atom. The fourth-order valence-corrected chi connectivity index (χ4v) is 2.74. The van der Waals surface area contributed by atoms with Crippen molar-refractivity contribution in [3.05, 3.63) is 35.7 Å². The molecule has 0 aliphatic carbocycles. The van der Waals surface area contributed by atoms with E-state index < -0.39 is 0 Å². The third kappa shape index (κ3) is 2.87. The Morgan fingerprint density at radius 1 is 1.36 bits per heavy atom. The van der Waals surface area contributed by atoms with Crippen LogP contribution in [0.3, 0.4) is 0 Å². The van der Waals surface area contributed by atoms with Gasteiger partial charge in [-0.05, 0) is 38.9 Å². The number of nitrogens with two attached hydrogens (primary N) is 1. The van der Waals surface area contributed by atoms with Crippen LogP contribution in [0.15, 0.2) is 28.7 Å². The van der Waals surface area contributed by atoms with Crippen LogP contribution in [0.2, 0.25) is 0 Å². The average molecular weight is 300 g/mol. The number of nitrogens with zero attached hydrogens (tertiary/aromatic N) is 3. The molecule has 0 bridgehead atoms. The topological polar surface area (TPSA) is 85.3 Å². The summed E-state index contributed by atoms with van der Waals surface area (Å²) in [6.45, 7) is 5.51. The first-order valence-electron chi connectivity index (χ1n) is 7.48. The van der Waals surface area contributed by atoms with Crippen molar-refractivity contribution in [1.82, 2.24) is 15.1 Å². The summed E-state index contributed by atoms with van der Waals surface area (Å²) < 4.78 is 5.80. The minimum Gasteiger partial charge on any atom is -0.419 e. The van der Waals surface area contributed by atoms with Crippen LogP contribution in [0.4, 0.5) is 0 Å². The number of hydrogen-bond donors (Lipinski definition) is 1. The van der Waals surface area contributed by atoms with E-state index in [0.717, 1.165) is 18.5 Å². The Bertz CT molecular complexity index is 665. The molecule has 116 valence electrons. The molecule has 0 spiro atoms. The molecule has 1 fully saturated rings. The van der Waals surface area contributed by atoms with E-state index in [-0.39, 0.29) is 17.9 Å². The molecule has 0 unspecified atom stereocenters. The molecular weight excluding hydrogens is 280 g/mol. The number of aryl methyl sites for hydroxylation is 1. The van der Waals surface area contributed by atoms with E-state index in [1.165, 1.54) is 5.56 Å². The average Bonchev–Trinajstić information content (AvgIpc) is 3.17. The summed E-state index contributed by atoms with van der Waals surface area (Å²) in [5.74, 6) is 0.774. The van der Waals surface area contributed by atoms with Crippen LogP contribution in [-0.2, 0) is 4.79 Å². The number of carbonyl (C=O) groups is 1. The van der Waals surface area contributed by atoms with Gasteiger partial charge in [0.05, 0.1) is 12.0 Å². The SMILES string of the molecule is Cc1ccc(-c2nnc([C@@H](C)N3CC[C@@H](C(N)=O)C3)o2)cc1. The number of amides is 1. The van der Waals surface area contributed by atoms with Crippen molar-refractivity contribution in [1.29, 1.82) is 0 Å². The van der Waals surface area contributed by atoms with E-state index in [0.29, 0.717) is 18.3 Å². The van der Waals surface area contributed by atoms with E-state index >= 15 is 0 Å². The molecule has 2 atom stereocenters. The number of rotatable bonds is 4. The van der Waals surface area contributed by atoms with Gasteiger partial charge in [0.15, 0.2) is 0 Å². The zero-order valence-electron chi connectivity index (χ0n) is 12.8. The Balaban J connectivity index is 1.73. The van der Waals surface area contributed by atoms with Gasteiger partial charge >= 0.3 is 0 Å². The van der Waals surface area contributed by atoms with E-state index in [4.69, 9.17) is 10.2 Å². The normalized spacial score (nSPS) is 20.2. The van der Waals surface area contributed by atoms with E-state index in [2.05, 4.69) is 15.1 Å². The van der Waals surface area contributed by atoms with Gasteiger partial charge in [-0.1, -0.05) is 17.7 Å². The second kappa shape index (κ2) is 5.88. The number of hydrogen-bond acceptors (Lipinski definition) is 5. The largest absolute Gasteiger partial charge is 0.419 e. The lowest BCUT2D eigenvalue weighted by Crippen LogP contribution is -2.29. The third-order valence-electron chi connectivity index (χ3n) is 4.27. The Labute approximate surface area is 129 Å². The van der Waals surface area contributed by atoms with Gasteiger partial charge in [0.25, 0.3) is 0 Å². The second-order valence-electron chi connectivity index (χ2n) is 5.87. The van der Waals surface area contributed by atoms with Crippen LogP contribution < -0.4 is 5.73 Å². The van der Waals surface area contributed by atoms with Crippen LogP contribution in [0, 0.1) is 12.8 Å². The predicted molar refractivity (Wildman–Crippen MR) is 81.8 cm³/mol. The molecule has 1 aliphatic heterocycles. The van der Waals surface area contributed by atoms with Crippen molar-refractivity contribution in [2.45, 2.75) is 26.3 Å². The lowest BCUT2D eigenvalue weighted by molar-refractivity contribution is -0.121. The van der Waals surface area contributed by atoms with Gasteiger partial charge in [0, 0.05) is 12.1 Å². The summed E-state index contributed by atoms with van der Waals surface area (Å²) >= 11 is 0. The van der Waals surface area contributed by atoms with E-state index in [1.807, 2.05) is 38.1 Å². The second-order valence-corrected chi connectivity index (χ2v) is 5.87. The Hall–Kier alpha value is -2.21. The number of carbonyl (C=O) groups excluding carboxylic acids is 1. The van der Waals surface area contributed by atoms with Crippen molar-refractivity contribution in [2.75, 3.05) is 13.1 Å². The highest BCUT2D eigenvalue weighted by atomic mass is 16.4. The molecule has 6 nitrogen and oxygen atoms in total. The molecule has 3 rings (SSSR count). The lowest BCUT2D eigenvalue weighted by Gasteiger charge is -2.20. The van der Waals surface area contributed by atoms with Gasteiger partial charge in [0.2, 0.25) is 17.7 Å². The zero-order valence-corrected chi connectivity index (χ0v) is 12.8. The van der Waals surface area contributed by atoms with Gasteiger partial charge in [-0.3, -0.25) is 9.69 Å². The molecule has 1 amide bonds. The molecule has 1 aliphatic rings. The smallest absolute Gasteiger partial charge is 0.247 e. The van der Waals surface area contributed by atoms with Gasteiger partial charge < -0.3 is 10.2 Å². The van der Waals surface area contributed by atoms with Crippen molar-refractivity contribution in [2.24, 2.45) is 11.7 Å². The van der Waals surface area contributed by atoms with Crippen LogP contribution in [-0.4, -0.2) is 34.1 Å². The molecule has 1 saturated heterocycles. The maximum Gasteiger partial charge on any atom is 0.247 e. The van der Waals surface area contributed by atoms with E-state index in [1.54, 1.807) is 0 Å². The monoisotopic (exact) mass is 300 g/mol. The molecule has 1 aromatic heterocycles. The van der Waals surface area contributed by atoms with Crippen LogP contribution in [0.25, 0.3) is 11.5 Å². The van der Waals surface area contributed by atoms with Crippen LogP contribution in [0.1, 0.15) is 30.8 Å². The predicted octanol–water partition coefficient (Wildman–Crippen LogP) is 1.91. The summed E-state index contributed by atoms with van der Waals surface area (Å²) in [6.07, 6.45) is 0.790. The summed E-state index contributed by atoms with van der Waals surface area (Å²) in [4.78, 5) is 13.4. The molecular formula is C16H20N4O2. The van der Waals surface area contributed by atoms with Crippen molar-refractivity contribution in [3.8, 4) is 11.5 Å². The molecule has 2 heterocycles. The van der Waals surface area contributed by atoms with Crippen molar-refractivity contribution < 1.29 is 9.21 Å².